The van der Waals surface area contributed by atoms with Gasteiger partial charge in [-0.05, 0) is 31.0 Å². The summed E-state index contributed by atoms with van der Waals surface area (Å²) in [6, 6.07) is 6.59. The Hall–Kier alpha value is -2.63. The molecule has 0 fully saturated rings. The average molecular weight is 287 g/mol. The van der Waals surface area contributed by atoms with Gasteiger partial charge in [0.2, 0.25) is 0 Å². The van der Waals surface area contributed by atoms with Crippen LogP contribution in [0.2, 0.25) is 0 Å². The fourth-order valence-electron chi connectivity index (χ4n) is 1.92. The van der Waals surface area contributed by atoms with Crippen LogP contribution in [0.1, 0.15) is 18.1 Å². The number of hydrogen-bond acceptors (Lipinski definition) is 5. The van der Waals surface area contributed by atoms with Gasteiger partial charge >= 0.3 is 0 Å². The fourth-order valence-corrected chi connectivity index (χ4v) is 1.92. The molecule has 0 saturated carbocycles. The number of pyridine rings is 1. The lowest BCUT2D eigenvalue weighted by Crippen LogP contribution is -2.03. The second-order valence-electron chi connectivity index (χ2n) is 4.56. The zero-order chi connectivity index (χ0) is 15.2. The number of nitrogens with zero attached hydrogens (tertiary/aromatic N) is 2. The van der Waals surface area contributed by atoms with Crippen LogP contribution in [0.15, 0.2) is 36.7 Å². The van der Waals surface area contributed by atoms with Gasteiger partial charge in [0.15, 0.2) is 0 Å². The number of nitrogens with one attached hydrogen (secondary N) is 1. The first-order valence-corrected chi connectivity index (χ1v) is 6.65. The normalized spacial score (nSPS) is 10.2. The lowest BCUT2D eigenvalue weighted by Gasteiger charge is -2.10. The van der Waals surface area contributed by atoms with Crippen LogP contribution in [-0.2, 0) is 6.54 Å². The zero-order valence-electron chi connectivity index (χ0n) is 12.0. The molecule has 1 aromatic carbocycles. The van der Waals surface area contributed by atoms with Gasteiger partial charge in [-0.1, -0.05) is 0 Å². The Morgan fingerprint density at radius 3 is 2.86 bits per heavy atom. The van der Waals surface area contributed by atoms with Gasteiger partial charge in [0.25, 0.3) is 5.69 Å². The van der Waals surface area contributed by atoms with Gasteiger partial charge in [-0.15, -0.1) is 0 Å². The largest absolute Gasteiger partial charge is 0.494 e. The first kappa shape index (κ1) is 14.8. The highest BCUT2D eigenvalue weighted by molar-refractivity contribution is 5.56. The first-order chi connectivity index (χ1) is 10.1. The summed E-state index contributed by atoms with van der Waals surface area (Å²) in [5.41, 5.74) is 2.82. The average Bonchev–Trinajstić information content (AvgIpc) is 2.46. The summed E-state index contributed by atoms with van der Waals surface area (Å²) >= 11 is 0. The second kappa shape index (κ2) is 6.69. The Kier molecular flexibility index (Phi) is 4.71. The van der Waals surface area contributed by atoms with E-state index in [1.165, 1.54) is 12.1 Å². The summed E-state index contributed by atoms with van der Waals surface area (Å²) in [5, 5.41) is 14.1. The molecule has 0 atom stereocenters. The predicted octanol–water partition coefficient (Wildman–Crippen LogP) is 3.31. The van der Waals surface area contributed by atoms with Crippen molar-refractivity contribution in [3.05, 3.63) is 57.9 Å². The van der Waals surface area contributed by atoms with Crippen molar-refractivity contribution in [1.29, 1.82) is 0 Å². The summed E-state index contributed by atoms with van der Waals surface area (Å²) < 4.78 is 5.36. The van der Waals surface area contributed by atoms with Gasteiger partial charge in [0, 0.05) is 36.8 Å². The number of non-ortho nitro benzene ring substituents is 1. The minimum Gasteiger partial charge on any atom is -0.494 e. The standard InChI is InChI=1S/C15H17N3O3/c1-3-21-15-7-13(6-14(8-15)18(19)20)17-10-12-9-16-5-4-11(12)2/h4-9,17H,3,10H2,1-2H3. The van der Waals surface area contributed by atoms with E-state index in [-0.39, 0.29) is 5.69 Å². The molecule has 0 amide bonds. The van der Waals surface area contributed by atoms with E-state index in [4.69, 9.17) is 4.74 Å². The van der Waals surface area contributed by atoms with E-state index in [2.05, 4.69) is 10.3 Å². The van der Waals surface area contributed by atoms with Crippen molar-refractivity contribution in [3.63, 3.8) is 0 Å². The summed E-state index contributed by atoms with van der Waals surface area (Å²) in [6.45, 7) is 4.84. The lowest BCUT2D eigenvalue weighted by molar-refractivity contribution is -0.384. The molecule has 1 N–H and O–H groups in total. The third kappa shape index (κ3) is 3.92. The Morgan fingerprint density at radius 2 is 2.19 bits per heavy atom. The van der Waals surface area contributed by atoms with Gasteiger partial charge < -0.3 is 10.1 Å². The molecule has 1 aromatic heterocycles. The third-order valence-corrected chi connectivity index (χ3v) is 3.04. The molecular formula is C15H17N3O3. The van der Waals surface area contributed by atoms with Crippen LogP contribution < -0.4 is 10.1 Å². The molecule has 1 heterocycles. The Labute approximate surface area is 122 Å². The molecule has 21 heavy (non-hydrogen) atoms. The topological polar surface area (TPSA) is 77.3 Å². The Bertz CT molecular complexity index is 644. The number of ether oxygens (including phenoxy) is 1. The molecule has 6 nitrogen and oxygen atoms in total. The second-order valence-corrected chi connectivity index (χ2v) is 4.56. The molecule has 0 bridgehead atoms. The number of aromatic nitrogens is 1. The molecule has 0 radical (unpaired) electrons. The quantitative estimate of drug-likeness (QED) is 0.651. The lowest BCUT2D eigenvalue weighted by atomic mass is 10.1. The number of nitro groups is 1. The van der Waals surface area contributed by atoms with Crippen LogP contribution in [0, 0.1) is 17.0 Å². The van der Waals surface area contributed by atoms with Crippen molar-refractivity contribution in [2.24, 2.45) is 0 Å². The molecule has 0 aliphatic rings. The smallest absolute Gasteiger partial charge is 0.275 e. The van der Waals surface area contributed by atoms with Crippen molar-refractivity contribution in [2.45, 2.75) is 20.4 Å². The summed E-state index contributed by atoms with van der Waals surface area (Å²) in [6.07, 6.45) is 3.52. The van der Waals surface area contributed by atoms with E-state index in [0.717, 1.165) is 11.1 Å². The molecule has 2 aromatic rings. The number of benzene rings is 1. The number of rotatable bonds is 6. The third-order valence-electron chi connectivity index (χ3n) is 3.04. The van der Waals surface area contributed by atoms with Crippen LogP contribution in [0.25, 0.3) is 0 Å². The molecule has 0 saturated heterocycles. The molecule has 6 heteroatoms. The highest BCUT2D eigenvalue weighted by Gasteiger charge is 2.10. The van der Waals surface area contributed by atoms with E-state index < -0.39 is 4.92 Å². The Balaban J connectivity index is 2.19. The summed E-state index contributed by atoms with van der Waals surface area (Å²) in [7, 11) is 0. The maximum Gasteiger partial charge on any atom is 0.275 e. The summed E-state index contributed by atoms with van der Waals surface area (Å²) in [4.78, 5) is 14.6. The van der Waals surface area contributed by atoms with Crippen LogP contribution in [0.4, 0.5) is 11.4 Å². The van der Waals surface area contributed by atoms with Crippen LogP contribution in [-0.4, -0.2) is 16.5 Å². The van der Waals surface area contributed by atoms with Crippen molar-refractivity contribution in [1.82, 2.24) is 4.98 Å². The van der Waals surface area contributed by atoms with Crippen LogP contribution >= 0.6 is 0 Å². The monoisotopic (exact) mass is 287 g/mol. The molecule has 0 aliphatic carbocycles. The molecule has 110 valence electrons. The van der Waals surface area contributed by atoms with E-state index in [1.807, 2.05) is 19.9 Å². The van der Waals surface area contributed by atoms with Gasteiger partial charge in [-0.25, -0.2) is 0 Å². The van der Waals surface area contributed by atoms with Crippen molar-refractivity contribution in [2.75, 3.05) is 11.9 Å². The molecule has 2 rings (SSSR count). The predicted molar refractivity (Wildman–Crippen MR) is 80.6 cm³/mol. The molecule has 0 unspecified atom stereocenters. The minimum absolute atomic E-state index is 0.00589. The Morgan fingerprint density at radius 1 is 1.38 bits per heavy atom. The van der Waals surface area contributed by atoms with Crippen molar-refractivity contribution < 1.29 is 9.66 Å². The van der Waals surface area contributed by atoms with Crippen LogP contribution in [0.5, 0.6) is 5.75 Å². The maximum atomic E-state index is 11.0. The van der Waals surface area contributed by atoms with E-state index in [0.29, 0.717) is 24.6 Å². The van der Waals surface area contributed by atoms with Gasteiger partial charge in [-0.2, -0.15) is 0 Å². The van der Waals surface area contributed by atoms with Crippen molar-refractivity contribution >= 4 is 11.4 Å². The number of aryl methyl sites for hydroxylation is 1. The van der Waals surface area contributed by atoms with Gasteiger partial charge in [0.1, 0.15) is 5.75 Å². The highest BCUT2D eigenvalue weighted by Crippen LogP contribution is 2.26. The highest BCUT2D eigenvalue weighted by atomic mass is 16.6. The molecular weight excluding hydrogens is 270 g/mol. The summed E-state index contributed by atoms with van der Waals surface area (Å²) in [5.74, 6) is 0.483. The first-order valence-electron chi connectivity index (χ1n) is 6.65. The number of anilines is 1. The molecule has 0 spiro atoms. The maximum absolute atomic E-state index is 11.0. The SMILES string of the molecule is CCOc1cc(NCc2cnccc2C)cc([N+](=O)[O-])c1. The van der Waals surface area contributed by atoms with E-state index in [1.54, 1.807) is 18.5 Å². The van der Waals surface area contributed by atoms with Gasteiger partial charge in [-0.3, -0.25) is 15.1 Å². The fraction of sp³-hybridized carbons (Fsp3) is 0.267. The minimum atomic E-state index is -0.428. The number of nitro benzene ring substituents is 1. The van der Waals surface area contributed by atoms with Crippen LogP contribution in [0.3, 0.4) is 0 Å². The van der Waals surface area contributed by atoms with E-state index in [9.17, 15) is 10.1 Å². The number of hydrogen-bond donors (Lipinski definition) is 1. The molecule has 0 aliphatic heterocycles. The zero-order valence-corrected chi connectivity index (χ0v) is 12.0. The van der Waals surface area contributed by atoms with Crippen molar-refractivity contribution in [3.8, 4) is 5.75 Å². The van der Waals surface area contributed by atoms with E-state index >= 15 is 0 Å². The van der Waals surface area contributed by atoms with Gasteiger partial charge in [0.05, 0.1) is 17.6 Å².